The van der Waals surface area contributed by atoms with E-state index in [1.165, 1.54) is 0 Å². The first-order valence-corrected chi connectivity index (χ1v) is 6.68. The van der Waals surface area contributed by atoms with Crippen molar-refractivity contribution in [3.05, 3.63) is 24.2 Å². The summed E-state index contributed by atoms with van der Waals surface area (Å²) in [5, 5.41) is 9.18. The number of rotatable bonds is 3. The van der Waals surface area contributed by atoms with Crippen LogP contribution in [0.15, 0.2) is 22.8 Å². The van der Waals surface area contributed by atoms with Gasteiger partial charge in [0.1, 0.15) is 5.76 Å². The lowest BCUT2D eigenvalue weighted by atomic mass is 9.80. The average Bonchev–Trinajstić information content (AvgIpc) is 2.91. The van der Waals surface area contributed by atoms with Crippen LogP contribution in [-0.4, -0.2) is 47.0 Å². The van der Waals surface area contributed by atoms with Crippen molar-refractivity contribution in [3.63, 3.8) is 0 Å². The lowest BCUT2D eigenvalue weighted by molar-refractivity contribution is -0.150. The van der Waals surface area contributed by atoms with E-state index >= 15 is 0 Å². The van der Waals surface area contributed by atoms with Gasteiger partial charge in [0.25, 0.3) is 0 Å². The summed E-state index contributed by atoms with van der Waals surface area (Å²) in [5.41, 5.74) is -0.712. The van der Waals surface area contributed by atoms with Crippen molar-refractivity contribution in [2.45, 2.75) is 26.3 Å². The van der Waals surface area contributed by atoms with Crippen LogP contribution in [0.1, 0.15) is 25.5 Å². The number of piperidine rings is 1. The molecule has 6 nitrogen and oxygen atoms in total. The van der Waals surface area contributed by atoms with Crippen LogP contribution in [0.2, 0.25) is 0 Å². The van der Waals surface area contributed by atoms with Gasteiger partial charge in [0, 0.05) is 20.1 Å². The van der Waals surface area contributed by atoms with Crippen molar-refractivity contribution in [2.75, 3.05) is 20.1 Å². The number of carboxylic acid groups (broad SMARTS) is 1. The molecule has 0 radical (unpaired) electrons. The van der Waals surface area contributed by atoms with E-state index in [2.05, 4.69) is 0 Å². The molecule has 1 aromatic rings. The van der Waals surface area contributed by atoms with Crippen molar-refractivity contribution in [1.29, 1.82) is 0 Å². The van der Waals surface area contributed by atoms with E-state index in [1.807, 2.05) is 6.07 Å². The average molecular weight is 280 g/mol. The van der Waals surface area contributed by atoms with Gasteiger partial charge in [0.05, 0.1) is 18.2 Å². The molecule has 6 heteroatoms. The number of nitrogens with zero attached hydrogens (tertiary/aromatic N) is 2. The molecule has 1 N–H and O–H groups in total. The molecule has 2 rings (SSSR count). The highest BCUT2D eigenvalue weighted by Crippen LogP contribution is 2.31. The number of hydrogen-bond donors (Lipinski definition) is 1. The van der Waals surface area contributed by atoms with Crippen LogP contribution in [-0.2, 0) is 11.3 Å². The van der Waals surface area contributed by atoms with Crippen LogP contribution in [0.25, 0.3) is 0 Å². The van der Waals surface area contributed by atoms with Crippen LogP contribution in [0, 0.1) is 5.41 Å². The SMILES string of the molecule is CN(Cc1ccco1)C(=O)N1CCC(C)(C(=O)O)CC1. The number of carboxylic acids is 1. The molecule has 0 saturated carbocycles. The van der Waals surface area contributed by atoms with E-state index in [4.69, 9.17) is 4.42 Å². The first-order valence-electron chi connectivity index (χ1n) is 6.68. The van der Waals surface area contributed by atoms with E-state index in [-0.39, 0.29) is 6.03 Å². The van der Waals surface area contributed by atoms with Crippen molar-refractivity contribution < 1.29 is 19.1 Å². The van der Waals surface area contributed by atoms with E-state index < -0.39 is 11.4 Å². The Labute approximate surface area is 118 Å². The molecule has 0 aliphatic carbocycles. The summed E-state index contributed by atoms with van der Waals surface area (Å²) >= 11 is 0. The first kappa shape index (κ1) is 14.4. The third kappa shape index (κ3) is 2.95. The number of furan rings is 1. The number of carbonyl (C=O) groups excluding carboxylic acids is 1. The predicted molar refractivity (Wildman–Crippen MR) is 72.1 cm³/mol. The second-order valence-electron chi connectivity index (χ2n) is 5.57. The molecule has 2 amide bonds. The molecule has 0 aromatic carbocycles. The van der Waals surface area contributed by atoms with Crippen LogP contribution >= 0.6 is 0 Å². The number of hydrogen-bond acceptors (Lipinski definition) is 3. The molecule has 1 aliphatic rings. The summed E-state index contributed by atoms with van der Waals surface area (Å²) in [4.78, 5) is 26.7. The molecule has 0 unspecified atom stereocenters. The summed E-state index contributed by atoms with van der Waals surface area (Å²) < 4.78 is 5.22. The fraction of sp³-hybridized carbons (Fsp3) is 0.571. The Balaban J connectivity index is 1.90. The summed E-state index contributed by atoms with van der Waals surface area (Å²) in [6.07, 6.45) is 2.55. The Morgan fingerprint density at radius 3 is 2.60 bits per heavy atom. The molecule has 0 bridgehead atoms. The molecule has 110 valence electrons. The quantitative estimate of drug-likeness (QED) is 0.919. The molecular formula is C14H20N2O4. The van der Waals surface area contributed by atoms with Crippen LogP contribution in [0.4, 0.5) is 4.79 Å². The van der Waals surface area contributed by atoms with Gasteiger partial charge in [0.2, 0.25) is 0 Å². The van der Waals surface area contributed by atoms with Crippen LogP contribution < -0.4 is 0 Å². The van der Waals surface area contributed by atoms with Crippen molar-refractivity contribution in [2.24, 2.45) is 5.41 Å². The minimum Gasteiger partial charge on any atom is -0.481 e. The Kier molecular flexibility index (Phi) is 4.01. The van der Waals surface area contributed by atoms with Crippen LogP contribution in [0.5, 0.6) is 0 Å². The molecule has 1 saturated heterocycles. The molecule has 1 aliphatic heterocycles. The summed E-state index contributed by atoms with van der Waals surface area (Å²) in [6, 6.07) is 3.52. The molecule has 0 spiro atoms. The second-order valence-corrected chi connectivity index (χ2v) is 5.57. The standard InChI is InChI=1S/C14H20N2O4/c1-14(12(17)18)5-7-16(8-6-14)13(19)15(2)10-11-4-3-9-20-11/h3-4,9H,5-8,10H2,1-2H3,(H,17,18). The number of likely N-dealkylation sites (tertiary alicyclic amines) is 1. The Morgan fingerprint density at radius 1 is 1.45 bits per heavy atom. The van der Waals surface area contributed by atoms with Crippen molar-refractivity contribution in [3.8, 4) is 0 Å². The fourth-order valence-corrected chi connectivity index (χ4v) is 2.35. The van der Waals surface area contributed by atoms with Gasteiger partial charge in [-0.3, -0.25) is 4.79 Å². The van der Waals surface area contributed by atoms with Gasteiger partial charge in [-0.2, -0.15) is 0 Å². The number of amides is 2. The molecule has 2 heterocycles. The smallest absolute Gasteiger partial charge is 0.320 e. The number of aliphatic carboxylic acids is 1. The van der Waals surface area contributed by atoms with Crippen molar-refractivity contribution in [1.82, 2.24) is 9.80 Å². The topological polar surface area (TPSA) is 74.0 Å². The highest BCUT2D eigenvalue weighted by atomic mass is 16.4. The van der Waals surface area contributed by atoms with E-state index in [1.54, 1.807) is 36.1 Å². The molecule has 0 atom stereocenters. The molecule has 1 aromatic heterocycles. The maximum atomic E-state index is 12.3. The number of urea groups is 1. The molecule has 1 fully saturated rings. The summed E-state index contributed by atoms with van der Waals surface area (Å²) in [6.45, 7) is 3.11. The third-order valence-corrected chi connectivity index (χ3v) is 3.95. The van der Waals surface area contributed by atoms with Gasteiger partial charge < -0.3 is 19.3 Å². The van der Waals surface area contributed by atoms with Gasteiger partial charge in [-0.25, -0.2) is 4.79 Å². The summed E-state index contributed by atoms with van der Waals surface area (Å²) in [7, 11) is 1.72. The zero-order valence-electron chi connectivity index (χ0n) is 11.8. The molecule has 20 heavy (non-hydrogen) atoms. The Hall–Kier alpha value is -1.98. The van der Waals surface area contributed by atoms with Gasteiger partial charge >= 0.3 is 12.0 Å². The first-order chi connectivity index (χ1) is 9.42. The third-order valence-electron chi connectivity index (χ3n) is 3.95. The highest BCUT2D eigenvalue weighted by molar-refractivity contribution is 5.76. The monoisotopic (exact) mass is 280 g/mol. The van der Waals surface area contributed by atoms with Gasteiger partial charge in [-0.1, -0.05) is 0 Å². The minimum atomic E-state index is -0.784. The van der Waals surface area contributed by atoms with Crippen molar-refractivity contribution >= 4 is 12.0 Å². The maximum absolute atomic E-state index is 12.3. The second kappa shape index (κ2) is 5.56. The zero-order valence-corrected chi connectivity index (χ0v) is 11.8. The van der Waals surface area contributed by atoms with E-state index in [9.17, 15) is 14.7 Å². The van der Waals surface area contributed by atoms with Crippen LogP contribution in [0.3, 0.4) is 0 Å². The van der Waals surface area contributed by atoms with Gasteiger partial charge in [-0.05, 0) is 31.9 Å². The Bertz CT molecular complexity index is 475. The lowest BCUT2D eigenvalue weighted by Gasteiger charge is -2.37. The van der Waals surface area contributed by atoms with Gasteiger partial charge in [0.15, 0.2) is 0 Å². The largest absolute Gasteiger partial charge is 0.481 e. The fourth-order valence-electron chi connectivity index (χ4n) is 2.35. The molecular weight excluding hydrogens is 260 g/mol. The Morgan fingerprint density at radius 2 is 2.10 bits per heavy atom. The van der Waals surface area contributed by atoms with E-state index in [0.717, 1.165) is 5.76 Å². The van der Waals surface area contributed by atoms with E-state index in [0.29, 0.717) is 32.5 Å². The van der Waals surface area contributed by atoms with Gasteiger partial charge in [-0.15, -0.1) is 0 Å². The summed E-state index contributed by atoms with van der Waals surface area (Å²) in [5.74, 6) is -0.0539. The highest BCUT2D eigenvalue weighted by Gasteiger charge is 2.38. The normalized spacial score (nSPS) is 17.8. The minimum absolute atomic E-state index is 0.0890. The predicted octanol–water partition coefficient (Wildman–Crippen LogP) is 2.02. The lowest BCUT2D eigenvalue weighted by Crippen LogP contribution is -2.48. The number of carbonyl (C=O) groups is 2. The maximum Gasteiger partial charge on any atom is 0.320 e. The zero-order chi connectivity index (χ0) is 14.8.